The minimum atomic E-state index is 0.0383. The van der Waals surface area contributed by atoms with Crippen molar-refractivity contribution in [3.8, 4) is 0 Å². The Morgan fingerprint density at radius 2 is 1.83 bits per heavy atom. The first kappa shape index (κ1) is 14.9. The predicted octanol–water partition coefficient (Wildman–Crippen LogP) is 3.49. The summed E-state index contributed by atoms with van der Waals surface area (Å²) in [7, 11) is 2.24. The van der Waals surface area contributed by atoms with Gasteiger partial charge in [-0.1, -0.05) is 37.6 Å². The lowest BCUT2D eigenvalue weighted by molar-refractivity contribution is -0.114. The zero-order valence-electron chi connectivity index (χ0n) is 14.4. The van der Waals surface area contributed by atoms with E-state index in [2.05, 4.69) is 44.0 Å². The SMILES string of the molecule is CN1[C@@H]2CC[C@H]1CC(=CC(=O)N1CC(C)(C)c3ccccc31)C2. The molecule has 1 aromatic rings. The zero-order valence-corrected chi connectivity index (χ0v) is 14.4. The Bertz CT molecular complexity index is 660. The fourth-order valence-corrected chi connectivity index (χ4v) is 4.68. The van der Waals surface area contributed by atoms with Gasteiger partial charge in [0.2, 0.25) is 0 Å². The maximum Gasteiger partial charge on any atom is 0.250 e. The zero-order chi connectivity index (χ0) is 16.2. The van der Waals surface area contributed by atoms with Crippen LogP contribution in [0.2, 0.25) is 0 Å². The number of para-hydroxylation sites is 1. The van der Waals surface area contributed by atoms with Gasteiger partial charge in [0.15, 0.2) is 0 Å². The molecule has 1 amide bonds. The Morgan fingerprint density at radius 1 is 1.17 bits per heavy atom. The minimum absolute atomic E-state index is 0.0383. The van der Waals surface area contributed by atoms with E-state index in [0.29, 0.717) is 12.1 Å². The summed E-state index contributed by atoms with van der Waals surface area (Å²) in [6, 6.07) is 9.64. The molecule has 0 aromatic heterocycles. The van der Waals surface area contributed by atoms with Gasteiger partial charge in [-0.25, -0.2) is 0 Å². The van der Waals surface area contributed by atoms with Crippen LogP contribution < -0.4 is 4.90 Å². The molecule has 0 spiro atoms. The van der Waals surface area contributed by atoms with E-state index in [-0.39, 0.29) is 11.3 Å². The number of rotatable bonds is 1. The third-order valence-electron chi connectivity index (χ3n) is 6.05. The van der Waals surface area contributed by atoms with Crippen molar-refractivity contribution >= 4 is 11.6 Å². The highest BCUT2D eigenvalue weighted by Crippen LogP contribution is 2.41. The Hall–Kier alpha value is -1.61. The normalized spacial score (nSPS) is 30.7. The highest BCUT2D eigenvalue weighted by atomic mass is 16.2. The number of amides is 1. The number of anilines is 1. The molecule has 3 heterocycles. The molecule has 2 saturated heterocycles. The molecule has 1 aromatic carbocycles. The van der Waals surface area contributed by atoms with Crippen LogP contribution in [0.1, 0.15) is 45.1 Å². The molecule has 0 saturated carbocycles. The van der Waals surface area contributed by atoms with E-state index in [1.165, 1.54) is 24.0 Å². The van der Waals surface area contributed by atoms with Crippen LogP contribution in [-0.4, -0.2) is 36.5 Å². The number of hydrogen-bond acceptors (Lipinski definition) is 2. The van der Waals surface area contributed by atoms with Crippen molar-refractivity contribution in [3.63, 3.8) is 0 Å². The van der Waals surface area contributed by atoms with E-state index in [4.69, 9.17) is 0 Å². The summed E-state index contributed by atoms with van der Waals surface area (Å²) in [5.41, 5.74) is 3.77. The largest absolute Gasteiger partial charge is 0.308 e. The molecule has 0 aliphatic carbocycles. The Kier molecular flexibility index (Phi) is 3.38. The van der Waals surface area contributed by atoms with Crippen LogP contribution in [-0.2, 0) is 10.2 Å². The van der Waals surface area contributed by atoms with Crippen molar-refractivity contribution in [2.24, 2.45) is 0 Å². The quantitative estimate of drug-likeness (QED) is 0.741. The van der Waals surface area contributed by atoms with Crippen LogP contribution in [0.5, 0.6) is 0 Å². The van der Waals surface area contributed by atoms with E-state index in [1.54, 1.807) is 0 Å². The first-order valence-electron chi connectivity index (χ1n) is 8.78. The lowest BCUT2D eigenvalue weighted by Crippen LogP contribution is -2.38. The predicted molar refractivity (Wildman–Crippen MR) is 93.7 cm³/mol. The van der Waals surface area contributed by atoms with Crippen LogP contribution in [0.3, 0.4) is 0 Å². The van der Waals surface area contributed by atoms with Crippen molar-refractivity contribution in [1.29, 1.82) is 0 Å². The van der Waals surface area contributed by atoms with Gasteiger partial charge in [0.1, 0.15) is 0 Å². The Morgan fingerprint density at radius 3 is 2.52 bits per heavy atom. The molecule has 2 bridgehead atoms. The highest BCUT2D eigenvalue weighted by Gasteiger charge is 2.39. The minimum Gasteiger partial charge on any atom is -0.308 e. The molecule has 23 heavy (non-hydrogen) atoms. The molecule has 3 heteroatoms. The molecule has 0 radical (unpaired) electrons. The summed E-state index contributed by atoms with van der Waals surface area (Å²) in [5.74, 6) is 0.168. The maximum absolute atomic E-state index is 12.9. The van der Waals surface area contributed by atoms with Gasteiger partial charge in [-0.05, 0) is 44.4 Å². The summed E-state index contributed by atoms with van der Waals surface area (Å²) in [4.78, 5) is 17.4. The number of fused-ring (bicyclic) bond motifs is 3. The first-order valence-corrected chi connectivity index (χ1v) is 8.78. The van der Waals surface area contributed by atoms with Gasteiger partial charge in [0.25, 0.3) is 5.91 Å². The van der Waals surface area contributed by atoms with Crippen molar-refractivity contribution in [2.75, 3.05) is 18.5 Å². The van der Waals surface area contributed by atoms with E-state index in [1.807, 2.05) is 17.0 Å². The van der Waals surface area contributed by atoms with Gasteiger partial charge < -0.3 is 4.90 Å². The summed E-state index contributed by atoms with van der Waals surface area (Å²) < 4.78 is 0. The fraction of sp³-hybridized carbons (Fsp3) is 0.550. The molecule has 3 aliphatic rings. The van der Waals surface area contributed by atoms with Gasteiger partial charge in [0, 0.05) is 35.8 Å². The van der Waals surface area contributed by atoms with Crippen molar-refractivity contribution in [2.45, 2.75) is 57.0 Å². The molecule has 0 N–H and O–H groups in total. The molecule has 2 atom stereocenters. The molecular formula is C20H26N2O. The number of piperidine rings is 1. The second-order valence-corrected chi connectivity index (χ2v) is 8.09. The number of carbonyl (C=O) groups is 1. The average Bonchev–Trinajstić information content (AvgIpc) is 2.89. The van der Waals surface area contributed by atoms with E-state index < -0.39 is 0 Å². The molecule has 3 aliphatic heterocycles. The van der Waals surface area contributed by atoms with Gasteiger partial charge in [-0.3, -0.25) is 9.69 Å². The van der Waals surface area contributed by atoms with Gasteiger partial charge in [0.05, 0.1) is 0 Å². The molecule has 122 valence electrons. The molecular weight excluding hydrogens is 284 g/mol. The van der Waals surface area contributed by atoms with Crippen molar-refractivity contribution in [3.05, 3.63) is 41.5 Å². The van der Waals surface area contributed by atoms with Crippen molar-refractivity contribution < 1.29 is 4.79 Å². The lowest BCUT2D eigenvalue weighted by atomic mass is 9.87. The standard InChI is InChI=1S/C20H26N2O/c1-20(2)13-22(18-7-5-4-6-17(18)20)19(23)12-14-10-15-8-9-16(11-14)21(15)3/h4-7,12,15-16H,8-11,13H2,1-3H3/t15-,16+. The van der Waals surface area contributed by atoms with Crippen LogP contribution in [0.25, 0.3) is 0 Å². The highest BCUT2D eigenvalue weighted by molar-refractivity contribution is 6.03. The van der Waals surface area contributed by atoms with Crippen molar-refractivity contribution in [1.82, 2.24) is 4.90 Å². The smallest absolute Gasteiger partial charge is 0.250 e. The van der Waals surface area contributed by atoms with Gasteiger partial charge >= 0.3 is 0 Å². The molecule has 0 unspecified atom stereocenters. The van der Waals surface area contributed by atoms with Crippen LogP contribution in [0, 0.1) is 0 Å². The van der Waals surface area contributed by atoms with Crippen LogP contribution >= 0.6 is 0 Å². The number of benzene rings is 1. The Labute approximate surface area is 139 Å². The Balaban J connectivity index is 1.58. The third-order valence-corrected chi connectivity index (χ3v) is 6.05. The topological polar surface area (TPSA) is 23.6 Å². The summed E-state index contributed by atoms with van der Waals surface area (Å²) >= 11 is 0. The number of nitrogens with zero attached hydrogens (tertiary/aromatic N) is 2. The summed E-state index contributed by atoms with van der Waals surface area (Å²) in [6.07, 6.45) is 6.64. The van der Waals surface area contributed by atoms with E-state index in [9.17, 15) is 4.79 Å². The second-order valence-electron chi connectivity index (χ2n) is 8.09. The maximum atomic E-state index is 12.9. The summed E-state index contributed by atoms with van der Waals surface area (Å²) in [5, 5.41) is 0. The average molecular weight is 310 g/mol. The number of hydrogen-bond donors (Lipinski definition) is 0. The van der Waals surface area contributed by atoms with E-state index >= 15 is 0 Å². The fourth-order valence-electron chi connectivity index (χ4n) is 4.68. The van der Waals surface area contributed by atoms with Gasteiger partial charge in [-0.2, -0.15) is 0 Å². The monoisotopic (exact) mass is 310 g/mol. The van der Waals surface area contributed by atoms with E-state index in [0.717, 1.165) is 25.1 Å². The third kappa shape index (κ3) is 2.42. The van der Waals surface area contributed by atoms with Crippen LogP contribution in [0.15, 0.2) is 35.9 Å². The first-order chi connectivity index (χ1) is 11.0. The molecule has 2 fully saturated rings. The molecule has 4 rings (SSSR count). The number of carbonyl (C=O) groups excluding carboxylic acids is 1. The second kappa shape index (κ2) is 5.20. The van der Waals surface area contributed by atoms with Crippen LogP contribution in [0.4, 0.5) is 5.69 Å². The molecule has 3 nitrogen and oxygen atoms in total. The van der Waals surface area contributed by atoms with Gasteiger partial charge in [-0.15, -0.1) is 0 Å². The lowest BCUT2D eigenvalue weighted by Gasteiger charge is -2.33. The summed E-state index contributed by atoms with van der Waals surface area (Å²) in [6.45, 7) is 5.23.